The second-order valence-corrected chi connectivity index (χ2v) is 4.28. The first-order valence-corrected chi connectivity index (χ1v) is 6.20. The average molecular weight is 270 g/mol. The van der Waals surface area contributed by atoms with Crippen LogP contribution in [0.3, 0.4) is 0 Å². The predicted molar refractivity (Wildman–Crippen MR) is 77.8 cm³/mol. The van der Waals surface area contributed by atoms with E-state index in [1.165, 1.54) is 23.9 Å². The van der Waals surface area contributed by atoms with Crippen LogP contribution in [0, 0.1) is 10.1 Å². The number of aliphatic imine (C=N–C) groups is 1. The molecule has 2 aromatic carbocycles. The number of nitro groups is 1. The van der Waals surface area contributed by atoms with Crippen molar-refractivity contribution in [2.75, 3.05) is 0 Å². The van der Waals surface area contributed by atoms with Gasteiger partial charge in [0.1, 0.15) is 0 Å². The van der Waals surface area contributed by atoms with E-state index >= 15 is 0 Å². The van der Waals surface area contributed by atoms with Crippen molar-refractivity contribution < 1.29 is 10.0 Å². The topological polar surface area (TPSA) is 75.7 Å². The quantitative estimate of drug-likeness (QED) is 0.523. The zero-order valence-electron chi connectivity index (χ0n) is 11.0. The van der Waals surface area contributed by atoms with E-state index in [1.807, 2.05) is 24.3 Å². The van der Waals surface area contributed by atoms with Gasteiger partial charge in [0.25, 0.3) is 0 Å². The molecule has 0 spiro atoms. The van der Waals surface area contributed by atoms with E-state index in [4.69, 9.17) is 0 Å². The third-order valence-electron chi connectivity index (χ3n) is 2.90. The monoisotopic (exact) mass is 270 g/mol. The molecule has 5 nitrogen and oxygen atoms in total. The fourth-order valence-corrected chi connectivity index (χ4v) is 1.73. The molecule has 0 aliphatic heterocycles. The summed E-state index contributed by atoms with van der Waals surface area (Å²) >= 11 is 0. The van der Waals surface area contributed by atoms with Crippen LogP contribution in [0.4, 0.5) is 11.4 Å². The summed E-state index contributed by atoms with van der Waals surface area (Å²) in [5.74, 6) is -0.348. The van der Waals surface area contributed by atoms with E-state index in [0.717, 1.165) is 12.1 Å². The summed E-state index contributed by atoms with van der Waals surface area (Å²) in [4.78, 5) is 14.4. The molecular formula is C15H14N2O3. The van der Waals surface area contributed by atoms with Crippen molar-refractivity contribution in [2.45, 2.75) is 13.3 Å². The van der Waals surface area contributed by atoms with Crippen LogP contribution in [0.15, 0.2) is 47.5 Å². The van der Waals surface area contributed by atoms with Crippen molar-refractivity contribution in [1.29, 1.82) is 0 Å². The van der Waals surface area contributed by atoms with Gasteiger partial charge in [0.05, 0.1) is 10.6 Å². The summed E-state index contributed by atoms with van der Waals surface area (Å²) in [7, 11) is 0. The van der Waals surface area contributed by atoms with E-state index in [0.29, 0.717) is 5.56 Å². The zero-order valence-corrected chi connectivity index (χ0v) is 11.0. The Bertz CT molecular complexity index is 649. The first-order chi connectivity index (χ1) is 9.60. The standard InChI is InChI=1S/C15H14N2O3/c1-2-11-3-6-13(7-4-11)16-10-12-5-8-15(18)14(9-12)17(19)20/h3-10,18H,2H2,1H3. The largest absolute Gasteiger partial charge is 0.502 e. The van der Waals surface area contributed by atoms with Gasteiger partial charge in [-0.3, -0.25) is 15.1 Å². The molecule has 5 heteroatoms. The van der Waals surface area contributed by atoms with Crippen molar-refractivity contribution in [3.8, 4) is 5.75 Å². The van der Waals surface area contributed by atoms with Crippen LogP contribution in [0.5, 0.6) is 5.75 Å². The number of hydrogen-bond acceptors (Lipinski definition) is 4. The highest BCUT2D eigenvalue weighted by Gasteiger charge is 2.12. The molecule has 102 valence electrons. The third-order valence-corrected chi connectivity index (χ3v) is 2.90. The van der Waals surface area contributed by atoms with Gasteiger partial charge in [-0.1, -0.05) is 19.1 Å². The lowest BCUT2D eigenvalue weighted by atomic mass is 10.1. The number of nitrogens with zero attached hydrogens (tertiary/aromatic N) is 2. The van der Waals surface area contributed by atoms with Gasteiger partial charge >= 0.3 is 5.69 Å². The molecule has 0 amide bonds. The molecule has 0 saturated carbocycles. The first kappa shape index (κ1) is 13.7. The molecule has 0 atom stereocenters. The van der Waals surface area contributed by atoms with Crippen molar-refractivity contribution in [3.05, 3.63) is 63.7 Å². The van der Waals surface area contributed by atoms with Crippen LogP contribution in [0.2, 0.25) is 0 Å². The Morgan fingerprint density at radius 1 is 1.25 bits per heavy atom. The number of nitro benzene ring substituents is 1. The molecule has 1 N–H and O–H groups in total. The molecule has 2 aromatic rings. The SMILES string of the molecule is CCc1ccc(N=Cc2ccc(O)c([N+](=O)[O-])c2)cc1. The minimum absolute atomic E-state index is 0.324. The fourth-order valence-electron chi connectivity index (χ4n) is 1.73. The second-order valence-electron chi connectivity index (χ2n) is 4.28. The summed E-state index contributed by atoms with van der Waals surface area (Å²) in [5, 5.41) is 20.1. The highest BCUT2D eigenvalue weighted by molar-refractivity contribution is 5.83. The predicted octanol–water partition coefficient (Wildman–Crippen LogP) is 3.61. The van der Waals surface area contributed by atoms with Gasteiger partial charge in [-0.25, -0.2) is 0 Å². The number of phenols is 1. The van der Waals surface area contributed by atoms with E-state index < -0.39 is 4.92 Å². The molecule has 0 saturated heterocycles. The highest BCUT2D eigenvalue weighted by atomic mass is 16.6. The lowest BCUT2D eigenvalue weighted by Crippen LogP contribution is -1.90. The number of aromatic hydroxyl groups is 1. The highest BCUT2D eigenvalue weighted by Crippen LogP contribution is 2.25. The van der Waals surface area contributed by atoms with Gasteiger partial charge in [-0.05, 0) is 41.8 Å². The molecule has 2 rings (SSSR count). The normalized spacial score (nSPS) is 10.8. The molecule has 0 fully saturated rings. The van der Waals surface area contributed by atoms with Crippen LogP contribution in [-0.2, 0) is 6.42 Å². The summed E-state index contributed by atoms with van der Waals surface area (Å²) in [6.07, 6.45) is 2.50. The Morgan fingerprint density at radius 2 is 1.95 bits per heavy atom. The van der Waals surface area contributed by atoms with Gasteiger partial charge < -0.3 is 5.11 Å². The maximum absolute atomic E-state index is 10.7. The lowest BCUT2D eigenvalue weighted by molar-refractivity contribution is -0.385. The van der Waals surface area contributed by atoms with Crippen LogP contribution >= 0.6 is 0 Å². The Labute approximate surface area is 116 Å². The van der Waals surface area contributed by atoms with Gasteiger partial charge in [0.15, 0.2) is 5.75 Å². The van der Waals surface area contributed by atoms with E-state index in [2.05, 4.69) is 11.9 Å². The van der Waals surface area contributed by atoms with E-state index in [9.17, 15) is 15.2 Å². The first-order valence-electron chi connectivity index (χ1n) is 6.20. The lowest BCUT2D eigenvalue weighted by Gasteiger charge is -1.99. The summed E-state index contributed by atoms with van der Waals surface area (Å²) < 4.78 is 0. The fraction of sp³-hybridized carbons (Fsp3) is 0.133. The summed E-state index contributed by atoms with van der Waals surface area (Å²) in [6, 6.07) is 11.9. The molecular weight excluding hydrogens is 256 g/mol. The molecule has 0 bridgehead atoms. The number of aryl methyl sites for hydroxylation is 1. The molecule has 0 aliphatic carbocycles. The average Bonchev–Trinajstić information content (AvgIpc) is 2.46. The number of rotatable bonds is 4. The summed E-state index contributed by atoms with van der Waals surface area (Å²) in [6.45, 7) is 2.08. The molecule has 20 heavy (non-hydrogen) atoms. The van der Waals surface area contributed by atoms with Crippen molar-refractivity contribution in [3.63, 3.8) is 0 Å². The maximum Gasteiger partial charge on any atom is 0.311 e. The Morgan fingerprint density at radius 3 is 2.55 bits per heavy atom. The molecule has 0 radical (unpaired) electrons. The molecule has 0 aliphatic rings. The Hall–Kier alpha value is -2.69. The number of hydrogen-bond donors (Lipinski definition) is 1. The third kappa shape index (κ3) is 3.20. The second kappa shape index (κ2) is 5.97. The Kier molecular flexibility index (Phi) is 4.10. The maximum atomic E-state index is 10.7. The molecule has 0 heterocycles. The minimum atomic E-state index is -0.622. The van der Waals surface area contributed by atoms with Crippen LogP contribution in [0.1, 0.15) is 18.1 Å². The van der Waals surface area contributed by atoms with Crippen molar-refractivity contribution >= 4 is 17.6 Å². The van der Waals surface area contributed by atoms with Gasteiger partial charge in [0.2, 0.25) is 0 Å². The van der Waals surface area contributed by atoms with Crippen molar-refractivity contribution in [2.24, 2.45) is 4.99 Å². The van der Waals surface area contributed by atoms with Gasteiger partial charge in [-0.15, -0.1) is 0 Å². The molecule has 0 unspecified atom stereocenters. The van der Waals surface area contributed by atoms with Gasteiger partial charge in [-0.2, -0.15) is 0 Å². The molecule has 0 aromatic heterocycles. The Balaban J connectivity index is 2.22. The number of phenolic OH excluding ortho intramolecular Hbond substituents is 1. The van der Waals surface area contributed by atoms with Gasteiger partial charge in [0, 0.05) is 12.3 Å². The summed E-state index contributed by atoms with van der Waals surface area (Å²) in [5.41, 5.74) is 2.24. The smallest absolute Gasteiger partial charge is 0.311 e. The minimum Gasteiger partial charge on any atom is -0.502 e. The van der Waals surface area contributed by atoms with Crippen LogP contribution in [0.25, 0.3) is 0 Å². The van der Waals surface area contributed by atoms with Crippen LogP contribution < -0.4 is 0 Å². The number of benzene rings is 2. The van der Waals surface area contributed by atoms with Crippen LogP contribution in [-0.4, -0.2) is 16.2 Å². The van der Waals surface area contributed by atoms with E-state index in [1.54, 1.807) is 6.07 Å². The van der Waals surface area contributed by atoms with Crippen molar-refractivity contribution in [1.82, 2.24) is 0 Å². The zero-order chi connectivity index (χ0) is 14.5. The van der Waals surface area contributed by atoms with E-state index in [-0.39, 0.29) is 11.4 Å².